The minimum Gasteiger partial charge on any atom is -0.214 e. The molecule has 0 N–H and O–H groups in total. The van der Waals surface area contributed by atoms with Crippen LogP contribution in [-0.4, -0.2) is 9.36 Å². The van der Waals surface area contributed by atoms with E-state index in [0.29, 0.717) is 11.3 Å². The molecule has 1 saturated carbocycles. The highest BCUT2D eigenvalue weighted by Crippen LogP contribution is 2.47. The van der Waals surface area contributed by atoms with Gasteiger partial charge in [-0.2, -0.15) is 4.37 Å². The van der Waals surface area contributed by atoms with Gasteiger partial charge < -0.3 is 0 Å². The molecule has 4 heteroatoms. The maximum atomic E-state index is 4.45. The van der Waals surface area contributed by atoms with Crippen molar-refractivity contribution in [2.24, 2.45) is 5.41 Å². The Morgan fingerprint density at radius 3 is 2.79 bits per heavy atom. The molecule has 0 saturated heterocycles. The molecule has 2 nitrogen and oxygen atoms in total. The van der Waals surface area contributed by atoms with Crippen LogP contribution < -0.4 is 0 Å². The molecule has 0 spiro atoms. The normalized spacial score (nSPS) is 26.4. The summed E-state index contributed by atoms with van der Waals surface area (Å²) in [6.45, 7) is 4.71. The van der Waals surface area contributed by atoms with Gasteiger partial charge >= 0.3 is 0 Å². The zero-order chi connectivity index (χ0) is 10.2. The third-order valence-electron chi connectivity index (χ3n) is 3.22. The molecule has 0 amide bonds. The summed E-state index contributed by atoms with van der Waals surface area (Å²) in [6.07, 6.45) is 5.29. The third kappa shape index (κ3) is 2.01. The molecule has 1 unspecified atom stereocenters. The lowest BCUT2D eigenvalue weighted by atomic mass is 9.69. The first-order valence-corrected chi connectivity index (χ1v) is 6.65. The second-order valence-electron chi connectivity index (χ2n) is 4.69. The Labute approximate surface area is 97.4 Å². The van der Waals surface area contributed by atoms with E-state index in [0.717, 1.165) is 4.73 Å². The molecular formula is C10H15BrN2S. The lowest BCUT2D eigenvalue weighted by Crippen LogP contribution is -2.25. The van der Waals surface area contributed by atoms with E-state index >= 15 is 0 Å². The minimum absolute atomic E-state index is 0.400. The highest BCUT2D eigenvalue weighted by Gasteiger charge is 2.35. The Morgan fingerprint density at radius 1 is 1.43 bits per heavy atom. The maximum absolute atomic E-state index is 4.45. The van der Waals surface area contributed by atoms with Gasteiger partial charge in [0, 0.05) is 5.92 Å². The Kier molecular flexibility index (Phi) is 2.93. The molecule has 78 valence electrons. The average Bonchev–Trinajstić information content (AvgIpc) is 2.51. The molecule has 2 rings (SSSR count). The number of halogens is 1. The monoisotopic (exact) mass is 274 g/mol. The van der Waals surface area contributed by atoms with Crippen LogP contribution in [0.15, 0.2) is 4.73 Å². The van der Waals surface area contributed by atoms with E-state index in [1.165, 1.54) is 30.7 Å². The molecule has 1 aliphatic rings. The number of nitrogens with zero attached hydrogens (tertiary/aromatic N) is 2. The summed E-state index contributed by atoms with van der Waals surface area (Å²) in [7, 11) is 0. The van der Waals surface area contributed by atoms with E-state index in [1.54, 1.807) is 11.5 Å². The van der Waals surface area contributed by atoms with Crippen LogP contribution in [-0.2, 0) is 0 Å². The highest BCUT2D eigenvalue weighted by atomic mass is 79.9. The summed E-state index contributed by atoms with van der Waals surface area (Å²) in [5, 5.41) is 1.21. The summed E-state index contributed by atoms with van der Waals surface area (Å²) in [4.78, 5) is 4.45. The molecule has 0 bridgehead atoms. The van der Waals surface area contributed by atoms with Crippen LogP contribution in [0.1, 0.15) is 50.5 Å². The smallest absolute Gasteiger partial charge is 0.209 e. The van der Waals surface area contributed by atoms with E-state index in [4.69, 9.17) is 0 Å². The Morgan fingerprint density at radius 2 is 2.21 bits per heavy atom. The summed E-state index contributed by atoms with van der Waals surface area (Å²) < 4.78 is 4.95. The van der Waals surface area contributed by atoms with Crippen LogP contribution in [0.4, 0.5) is 0 Å². The van der Waals surface area contributed by atoms with Crippen molar-refractivity contribution in [1.82, 2.24) is 9.36 Å². The van der Waals surface area contributed by atoms with Crippen LogP contribution in [0.25, 0.3) is 0 Å². The quantitative estimate of drug-likeness (QED) is 0.774. The average molecular weight is 275 g/mol. The Balaban J connectivity index is 2.23. The molecular weight excluding hydrogens is 260 g/mol. The molecule has 1 fully saturated rings. The van der Waals surface area contributed by atoms with Gasteiger partial charge in [0.1, 0.15) is 5.01 Å². The van der Waals surface area contributed by atoms with Crippen LogP contribution in [0.3, 0.4) is 0 Å². The van der Waals surface area contributed by atoms with Crippen molar-refractivity contribution in [2.45, 2.75) is 45.4 Å². The summed E-state index contributed by atoms with van der Waals surface area (Å²) >= 11 is 4.87. The van der Waals surface area contributed by atoms with E-state index in [1.807, 2.05) is 0 Å². The molecule has 0 aromatic carbocycles. The lowest BCUT2D eigenvalue weighted by Gasteiger charge is -2.37. The van der Waals surface area contributed by atoms with Crippen LogP contribution in [0.5, 0.6) is 0 Å². The number of rotatable bonds is 1. The molecule has 1 heterocycles. The lowest BCUT2D eigenvalue weighted by molar-refractivity contribution is 0.199. The zero-order valence-electron chi connectivity index (χ0n) is 8.59. The van der Waals surface area contributed by atoms with E-state index in [-0.39, 0.29) is 0 Å². The van der Waals surface area contributed by atoms with Gasteiger partial charge in [-0.3, -0.25) is 0 Å². The van der Waals surface area contributed by atoms with Gasteiger partial charge in [0.2, 0.25) is 4.73 Å². The molecule has 1 aromatic heterocycles. The molecule has 1 aliphatic carbocycles. The summed E-state index contributed by atoms with van der Waals surface area (Å²) in [5.74, 6) is 0.611. The predicted octanol–water partition coefficient (Wildman–Crippen LogP) is 3.98. The van der Waals surface area contributed by atoms with Crippen molar-refractivity contribution in [3.63, 3.8) is 0 Å². The van der Waals surface area contributed by atoms with Crippen molar-refractivity contribution in [1.29, 1.82) is 0 Å². The van der Waals surface area contributed by atoms with Gasteiger partial charge in [-0.1, -0.05) is 26.7 Å². The standard InChI is InChI=1S/C10H15BrN2S/c1-10(2)6-4-3-5-7(10)8-12-9(11)13-14-8/h7H,3-6H2,1-2H3. The first-order chi connectivity index (χ1) is 6.59. The van der Waals surface area contributed by atoms with Crippen LogP contribution in [0.2, 0.25) is 0 Å². The summed E-state index contributed by atoms with van der Waals surface area (Å²) in [6, 6.07) is 0. The zero-order valence-corrected chi connectivity index (χ0v) is 11.0. The highest BCUT2D eigenvalue weighted by molar-refractivity contribution is 9.10. The van der Waals surface area contributed by atoms with Gasteiger partial charge in [0.25, 0.3) is 0 Å². The van der Waals surface area contributed by atoms with Crippen molar-refractivity contribution in [3.05, 3.63) is 9.74 Å². The number of hydrogen-bond donors (Lipinski definition) is 0. The van der Waals surface area contributed by atoms with Crippen LogP contribution in [0, 0.1) is 5.41 Å². The fourth-order valence-corrected chi connectivity index (χ4v) is 3.74. The van der Waals surface area contributed by atoms with Gasteiger partial charge in [0.05, 0.1) is 0 Å². The second kappa shape index (κ2) is 3.89. The topological polar surface area (TPSA) is 25.8 Å². The van der Waals surface area contributed by atoms with Crippen molar-refractivity contribution >= 4 is 27.5 Å². The van der Waals surface area contributed by atoms with Crippen molar-refractivity contribution < 1.29 is 0 Å². The fraction of sp³-hybridized carbons (Fsp3) is 0.800. The first-order valence-electron chi connectivity index (χ1n) is 5.09. The van der Waals surface area contributed by atoms with Gasteiger partial charge in [-0.05, 0) is 45.7 Å². The Bertz CT molecular complexity index is 322. The van der Waals surface area contributed by atoms with Crippen molar-refractivity contribution in [2.75, 3.05) is 0 Å². The van der Waals surface area contributed by atoms with Crippen LogP contribution >= 0.6 is 27.5 Å². The fourth-order valence-electron chi connectivity index (χ4n) is 2.31. The molecule has 0 radical (unpaired) electrons. The van der Waals surface area contributed by atoms with E-state index < -0.39 is 0 Å². The van der Waals surface area contributed by atoms with E-state index in [2.05, 4.69) is 39.1 Å². The molecule has 1 aromatic rings. The third-order valence-corrected chi connectivity index (χ3v) is 4.64. The largest absolute Gasteiger partial charge is 0.214 e. The minimum atomic E-state index is 0.400. The summed E-state index contributed by atoms with van der Waals surface area (Å²) in [5.41, 5.74) is 0.400. The second-order valence-corrected chi connectivity index (χ2v) is 6.18. The van der Waals surface area contributed by atoms with E-state index in [9.17, 15) is 0 Å². The first kappa shape index (κ1) is 10.6. The molecule has 1 atom stereocenters. The molecule has 0 aliphatic heterocycles. The van der Waals surface area contributed by atoms with Gasteiger partial charge in [0.15, 0.2) is 0 Å². The number of aromatic nitrogens is 2. The maximum Gasteiger partial charge on any atom is 0.209 e. The Hall–Kier alpha value is 0.0400. The van der Waals surface area contributed by atoms with Gasteiger partial charge in [-0.15, -0.1) is 0 Å². The van der Waals surface area contributed by atoms with Gasteiger partial charge in [-0.25, -0.2) is 4.98 Å². The molecule has 14 heavy (non-hydrogen) atoms. The SMILES string of the molecule is CC1(C)CCCCC1c1nc(Br)ns1. The number of hydrogen-bond acceptors (Lipinski definition) is 3. The van der Waals surface area contributed by atoms with Crippen molar-refractivity contribution in [3.8, 4) is 0 Å². The predicted molar refractivity (Wildman–Crippen MR) is 62.6 cm³/mol.